The lowest BCUT2D eigenvalue weighted by atomic mass is 9.93. The maximum atomic E-state index is 10.9. The predicted molar refractivity (Wildman–Crippen MR) is 94.5 cm³/mol. The summed E-state index contributed by atoms with van der Waals surface area (Å²) in [6.07, 6.45) is 5.96. The number of piperidine rings is 1. The molecule has 1 saturated heterocycles. The molecule has 0 saturated carbocycles. The van der Waals surface area contributed by atoms with Gasteiger partial charge in [0.25, 0.3) is 10.2 Å². The van der Waals surface area contributed by atoms with Crippen LogP contribution in [0.2, 0.25) is 0 Å². The number of methoxy groups -OCH3 is 1. The SMILES string of the molecule is COc1cc2c(N3CCC(CCNS(N)(=O)=O)CC3)ncnc2cn1. The maximum Gasteiger partial charge on any atom is 0.274 e. The minimum atomic E-state index is -3.60. The highest BCUT2D eigenvalue weighted by Crippen LogP contribution is 2.29. The summed E-state index contributed by atoms with van der Waals surface area (Å²) in [6.45, 7) is 2.09. The number of hydrogen-bond donors (Lipinski definition) is 2. The second-order valence-electron chi connectivity index (χ2n) is 6.10. The molecule has 3 heterocycles. The fourth-order valence-electron chi connectivity index (χ4n) is 3.13. The van der Waals surface area contributed by atoms with E-state index >= 15 is 0 Å². The highest BCUT2D eigenvalue weighted by Gasteiger charge is 2.22. The molecule has 0 spiro atoms. The van der Waals surface area contributed by atoms with Crippen molar-refractivity contribution < 1.29 is 13.2 Å². The van der Waals surface area contributed by atoms with Crippen molar-refractivity contribution in [1.82, 2.24) is 19.7 Å². The minimum Gasteiger partial charge on any atom is -0.481 e. The number of nitrogens with two attached hydrogens (primary N) is 1. The van der Waals surface area contributed by atoms with Gasteiger partial charge in [-0.3, -0.25) is 0 Å². The van der Waals surface area contributed by atoms with Crippen LogP contribution in [0.4, 0.5) is 5.82 Å². The van der Waals surface area contributed by atoms with Gasteiger partial charge in [0, 0.05) is 31.1 Å². The van der Waals surface area contributed by atoms with Crippen molar-refractivity contribution in [2.75, 3.05) is 31.6 Å². The van der Waals surface area contributed by atoms with Crippen molar-refractivity contribution in [1.29, 1.82) is 0 Å². The Labute approximate surface area is 146 Å². The summed E-state index contributed by atoms with van der Waals surface area (Å²) in [4.78, 5) is 15.1. The molecule has 0 bridgehead atoms. The molecule has 0 atom stereocenters. The zero-order valence-electron chi connectivity index (χ0n) is 14.1. The highest BCUT2D eigenvalue weighted by molar-refractivity contribution is 7.87. The van der Waals surface area contributed by atoms with Crippen LogP contribution in [0.3, 0.4) is 0 Å². The summed E-state index contributed by atoms with van der Waals surface area (Å²) in [6, 6.07) is 1.85. The first-order valence-corrected chi connectivity index (χ1v) is 9.68. The van der Waals surface area contributed by atoms with Crippen LogP contribution in [0.1, 0.15) is 19.3 Å². The van der Waals surface area contributed by atoms with Gasteiger partial charge in [-0.05, 0) is 25.2 Å². The van der Waals surface area contributed by atoms with Gasteiger partial charge in [0.15, 0.2) is 0 Å². The number of ether oxygens (including phenoxy) is 1. The van der Waals surface area contributed by atoms with Gasteiger partial charge in [-0.1, -0.05) is 0 Å². The normalized spacial score (nSPS) is 16.3. The number of anilines is 1. The molecule has 1 fully saturated rings. The lowest BCUT2D eigenvalue weighted by molar-refractivity contribution is 0.381. The summed E-state index contributed by atoms with van der Waals surface area (Å²) < 4.78 is 29.4. The van der Waals surface area contributed by atoms with E-state index in [4.69, 9.17) is 9.88 Å². The molecule has 2 aromatic heterocycles. The first kappa shape index (κ1) is 17.8. The van der Waals surface area contributed by atoms with E-state index in [1.54, 1.807) is 19.6 Å². The van der Waals surface area contributed by atoms with Gasteiger partial charge in [-0.15, -0.1) is 0 Å². The molecule has 3 rings (SSSR count). The highest BCUT2D eigenvalue weighted by atomic mass is 32.2. The summed E-state index contributed by atoms with van der Waals surface area (Å²) >= 11 is 0. The van der Waals surface area contributed by atoms with Crippen molar-refractivity contribution in [3.8, 4) is 5.88 Å². The third-order valence-electron chi connectivity index (χ3n) is 4.45. The molecule has 0 aliphatic carbocycles. The molecule has 0 unspecified atom stereocenters. The molecule has 9 nitrogen and oxygen atoms in total. The van der Waals surface area contributed by atoms with Crippen LogP contribution in [0, 0.1) is 5.92 Å². The van der Waals surface area contributed by atoms with E-state index in [-0.39, 0.29) is 0 Å². The molecular weight excluding hydrogens is 344 g/mol. The van der Waals surface area contributed by atoms with Gasteiger partial charge in [-0.25, -0.2) is 24.8 Å². The van der Waals surface area contributed by atoms with Gasteiger partial charge >= 0.3 is 0 Å². The topological polar surface area (TPSA) is 123 Å². The molecule has 0 amide bonds. The van der Waals surface area contributed by atoms with Crippen molar-refractivity contribution in [3.05, 3.63) is 18.6 Å². The Kier molecular flexibility index (Phi) is 5.30. The van der Waals surface area contributed by atoms with Crippen molar-refractivity contribution >= 4 is 26.9 Å². The van der Waals surface area contributed by atoms with Gasteiger partial charge < -0.3 is 9.64 Å². The van der Waals surface area contributed by atoms with Gasteiger partial charge in [0.1, 0.15) is 12.1 Å². The first-order chi connectivity index (χ1) is 12.0. The Morgan fingerprint density at radius 1 is 1.32 bits per heavy atom. The van der Waals surface area contributed by atoms with E-state index in [9.17, 15) is 8.42 Å². The van der Waals surface area contributed by atoms with E-state index in [0.29, 0.717) is 18.3 Å². The molecule has 25 heavy (non-hydrogen) atoms. The Hall–Kier alpha value is -2.04. The van der Waals surface area contributed by atoms with Crippen molar-refractivity contribution in [2.45, 2.75) is 19.3 Å². The molecule has 1 aliphatic heterocycles. The monoisotopic (exact) mass is 366 g/mol. The Balaban J connectivity index is 1.66. The molecule has 3 N–H and O–H groups in total. The number of hydrogen-bond acceptors (Lipinski definition) is 7. The quantitative estimate of drug-likeness (QED) is 0.760. The molecule has 1 aliphatic rings. The second kappa shape index (κ2) is 7.46. The molecule has 136 valence electrons. The lowest BCUT2D eigenvalue weighted by Gasteiger charge is -2.33. The zero-order chi connectivity index (χ0) is 17.9. The van der Waals surface area contributed by atoms with E-state index in [2.05, 4.69) is 24.6 Å². The number of aromatic nitrogens is 3. The van der Waals surface area contributed by atoms with Crippen LogP contribution < -0.4 is 19.5 Å². The third kappa shape index (κ3) is 4.53. The Morgan fingerprint density at radius 2 is 2.08 bits per heavy atom. The molecule has 0 aromatic carbocycles. The van der Waals surface area contributed by atoms with Crippen LogP contribution in [0.5, 0.6) is 5.88 Å². The average molecular weight is 366 g/mol. The van der Waals surface area contributed by atoms with E-state index in [1.165, 1.54) is 0 Å². The summed E-state index contributed by atoms with van der Waals surface area (Å²) in [5.74, 6) is 1.88. The van der Waals surface area contributed by atoms with Crippen LogP contribution in [0.15, 0.2) is 18.6 Å². The van der Waals surface area contributed by atoms with E-state index in [0.717, 1.165) is 49.1 Å². The zero-order valence-corrected chi connectivity index (χ0v) is 14.9. The molecule has 0 radical (unpaired) electrons. The Bertz CT molecular complexity index is 836. The Morgan fingerprint density at radius 3 is 2.76 bits per heavy atom. The van der Waals surface area contributed by atoms with Crippen LogP contribution in [-0.4, -0.2) is 50.1 Å². The fraction of sp³-hybridized carbons (Fsp3) is 0.533. The fourth-order valence-corrected chi connectivity index (χ4v) is 3.53. The number of nitrogens with zero attached hydrogens (tertiary/aromatic N) is 4. The summed E-state index contributed by atoms with van der Waals surface area (Å²) in [5.41, 5.74) is 0.783. The largest absolute Gasteiger partial charge is 0.481 e. The van der Waals surface area contributed by atoms with Crippen molar-refractivity contribution in [2.24, 2.45) is 11.1 Å². The number of fused-ring (bicyclic) bond motifs is 1. The van der Waals surface area contributed by atoms with Gasteiger partial charge in [-0.2, -0.15) is 8.42 Å². The molecular formula is C15H22N6O3S. The van der Waals surface area contributed by atoms with Gasteiger partial charge in [0.2, 0.25) is 5.88 Å². The van der Waals surface area contributed by atoms with Crippen LogP contribution >= 0.6 is 0 Å². The van der Waals surface area contributed by atoms with E-state index in [1.807, 2.05) is 6.07 Å². The van der Waals surface area contributed by atoms with Gasteiger partial charge in [0.05, 0.1) is 18.8 Å². The maximum absolute atomic E-state index is 10.9. The number of rotatable bonds is 6. The lowest BCUT2D eigenvalue weighted by Crippen LogP contribution is -2.37. The third-order valence-corrected chi connectivity index (χ3v) is 5.06. The number of nitrogens with one attached hydrogen (secondary N) is 1. The van der Waals surface area contributed by atoms with Crippen LogP contribution in [0.25, 0.3) is 10.9 Å². The predicted octanol–water partition coefficient (Wildman–Crippen LogP) is 0.433. The number of pyridine rings is 1. The van der Waals surface area contributed by atoms with Crippen LogP contribution in [-0.2, 0) is 10.2 Å². The van der Waals surface area contributed by atoms with Crippen molar-refractivity contribution in [3.63, 3.8) is 0 Å². The summed E-state index contributed by atoms with van der Waals surface area (Å²) in [7, 11) is -2.02. The second-order valence-corrected chi connectivity index (χ2v) is 7.48. The minimum absolute atomic E-state index is 0.378. The summed E-state index contributed by atoms with van der Waals surface area (Å²) in [5, 5.41) is 5.87. The molecule has 10 heteroatoms. The smallest absolute Gasteiger partial charge is 0.274 e. The van der Waals surface area contributed by atoms with E-state index < -0.39 is 10.2 Å². The molecule has 2 aromatic rings. The standard InChI is InChI=1S/C15H22N6O3S/c1-24-14-8-12-13(9-17-14)18-10-19-15(12)21-6-3-11(4-7-21)2-5-20-25(16,22)23/h8-11,20H,2-7H2,1H3,(H2,16,22,23). The first-order valence-electron chi connectivity index (χ1n) is 8.13. The average Bonchev–Trinajstić information content (AvgIpc) is 2.60.